The molecular formula is C14H23N3O. The molecule has 0 unspecified atom stereocenters. The normalized spacial score (nSPS) is 18.7. The summed E-state index contributed by atoms with van der Waals surface area (Å²) >= 11 is 0. The molecule has 0 aliphatic carbocycles. The van der Waals surface area contributed by atoms with E-state index < -0.39 is 0 Å². The number of nitrogens with zero attached hydrogens (tertiary/aromatic N) is 1. The first-order valence-corrected chi connectivity index (χ1v) is 6.70. The molecule has 18 heavy (non-hydrogen) atoms. The fourth-order valence-corrected chi connectivity index (χ4v) is 2.22. The van der Waals surface area contributed by atoms with Gasteiger partial charge in [0.15, 0.2) is 11.6 Å². The third kappa shape index (κ3) is 3.35. The topological polar surface area (TPSA) is 46.2 Å². The smallest absolute Gasteiger partial charge is 0.169 e. The summed E-state index contributed by atoms with van der Waals surface area (Å²) < 4.78 is 5.79. The van der Waals surface area contributed by atoms with E-state index in [0.29, 0.717) is 0 Å². The molecular weight excluding hydrogens is 226 g/mol. The van der Waals surface area contributed by atoms with Crippen LogP contribution in [-0.2, 0) is 0 Å². The lowest BCUT2D eigenvalue weighted by Gasteiger charge is -2.35. The maximum absolute atomic E-state index is 5.79. The van der Waals surface area contributed by atoms with Crippen molar-refractivity contribution in [3.63, 3.8) is 0 Å². The van der Waals surface area contributed by atoms with Gasteiger partial charge in [-0.25, -0.2) is 4.98 Å². The summed E-state index contributed by atoms with van der Waals surface area (Å²) in [7, 11) is 0. The van der Waals surface area contributed by atoms with Crippen molar-refractivity contribution in [3.05, 3.63) is 18.3 Å². The van der Waals surface area contributed by atoms with Gasteiger partial charge in [-0.2, -0.15) is 0 Å². The lowest BCUT2D eigenvalue weighted by Crippen LogP contribution is -2.45. The van der Waals surface area contributed by atoms with Gasteiger partial charge in [0.1, 0.15) is 0 Å². The highest BCUT2D eigenvalue weighted by atomic mass is 16.5. The SMILES string of the molecule is CC(C)Oc1cccnc1NC1(C)CCNCC1. The zero-order valence-corrected chi connectivity index (χ0v) is 11.5. The molecule has 0 amide bonds. The van der Waals surface area contributed by atoms with Crippen LogP contribution in [0.1, 0.15) is 33.6 Å². The molecule has 1 saturated heterocycles. The second-order valence-electron chi connectivity index (χ2n) is 5.45. The summed E-state index contributed by atoms with van der Waals surface area (Å²) in [6.07, 6.45) is 4.17. The maximum Gasteiger partial charge on any atom is 0.169 e. The molecule has 1 aromatic heterocycles. The van der Waals surface area contributed by atoms with Crippen LogP contribution in [0.15, 0.2) is 18.3 Å². The van der Waals surface area contributed by atoms with E-state index in [0.717, 1.165) is 37.5 Å². The predicted molar refractivity (Wildman–Crippen MR) is 74.1 cm³/mol. The standard InChI is InChI=1S/C14H23N3O/c1-11(2)18-12-5-4-8-16-13(12)17-14(3)6-9-15-10-7-14/h4-5,8,11,15H,6-7,9-10H2,1-3H3,(H,16,17). The highest BCUT2D eigenvalue weighted by Crippen LogP contribution is 2.29. The lowest BCUT2D eigenvalue weighted by atomic mass is 9.90. The predicted octanol–water partition coefficient (Wildman–Crippen LogP) is 2.42. The number of hydrogen-bond acceptors (Lipinski definition) is 4. The Labute approximate surface area is 109 Å². The van der Waals surface area contributed by atoms with Gasteiger partial charge in [0, 0.05) is 11.7 Å². The maximum atomic E-state index is 5.79. The van der Waals surface area contributed by atoms with E-state index in [-0.39, 0.29) is 11.6 Å². The lowest BCUT2D eigenvalue weighted by molar-refractivity contribution is 0.241. The molecule has 4 heteroatoms. The average molecular weight is 249 g/mol. The van der Waals surface area contributed by atoms with E-state index >= 15 is 0 Å². The number of nitrogens with one attached hydrogen (secondary N) is 2. The molecule has 0 aromatic carbocycles. The van der Waals surface area contributed by atoms with Gasteiger partial charge in [0.2, 0.25) is 0 Å². The second kappa shape index (κ2) is 5.57. The molecule has 2 rings (SSSR count). The number of aromatic nitrogens is 1. The van der Waals surface area contributed by atoms with Crippen molar-refractivity contribution in [2.24, 2.45) is 0 Å². The van der Waals surface area contributed by atoms with E-state index in [4.69, 9.17) is 4.74 Å². The Balaban J connectivity index is 2.12. The summed E-state index contributed by atoms with van der Waals surface area (Å²) in [5.74, 6) is 1.70. The summed E-state index contributed by atoms with van der Waals surface area (Å²) in [6, 6.07) is 3.88. The summed E-state index contributed by atoms with van der Waals surface area (Å²) in [5, 5.41) is 6.94. The number of piperidine rings is 1. The Bertz CT molecular complexity index is 386. The summed E-state index contributed by atoms with van der Waals surface area (Å²) in [5.41, 5.74) is 0.106. The van der Waals surface area contributed by atoms with Gasteiger partial charge in [0.25, 0.3) is 0 Å². The Hall–Kier alpha value is -1.29. The van der Waals surface area contributed by atoms with Crippen molar-refractivity contribution in [1.82, 2.24) is 10.3 Å². The number of ether oxygens (including phenoxy) is 1. The Morgan fingerprint density at radius 1 is 1.39 bits per heavy atom. The first kappa shape index (κ1) is 13.1. The molecule has 1 aliphatic heterocycles. The van der Waals surface area contributed by atoms with Gasteiger partial charge in [0.05, 0.1) is 6.10 Å². The molecule has 2 heterocycles. The van der Waals surface area contributed by atoms with Crippen molar-refractivity contribution in [1.29, 1.82) is 0 Å². The van der Waals surface area contributed by atoms with Crippen LogP contribution in [0.2, 0.25) is 0 Å². The third-order valence-electron chi connectivity index (χ3n) is 3.26. The molecule has 100 valence electrons. The second-order valence-corrected chi connectivity index (χ2v) is 5.45. The fraction of sp³-hybridized carbons (Fsp3) is 0.643. The number of hydrogen-bond donors (Lipinski definition) is 2. The third-order valence-corrected chi connectivity index (χ3v) is 3.26. The molecule has 1 aliphatic rings. The molecule has 4 nitrogen and oxygen atoms in total. The molecule has 0 atom stereocenters. The van der Waals surface area contributed by atoms with Gasteiger partial charge < -0.3 is 15.4 Å². The zero-order valence-electron chi connectivity index (χ0n) is 11.5. The van der Waals surface area contributed by atoms with Crippen LogP contribution < -0.4 is 15.4 Å². The van der Waals surface area contributed by atoms with Crippen LogP contribution in [0.5, 0.6) is 5.75 Å². The molecule has 0 saturated carbocycles. The van der Waals surface area contributed by atoms with Crippen molar-refractivity contribution >= 4 is 5.82 Å². The van der Waals surface area contributed by atoms with Crippen LogP contribution >= 0.6 is 0 Å². The number of anilines is 1. The molecule has 1 aromatic rings. The highest BCUT2D eigenvalue weighted by Gasteiger charge is 2.27. The molecule has 1 fully saturated rings. The summed E-state index contributed by atoms with van der Waals surface area (Å²) in [4.78, 5) is 4.41. The Kier molecular flexibility index (Phi) is 4.07. The Morgan fingerprint density at radius 2 is 2.11 bits per heavy atom. The minimum atomic E-state index is 0.106. The van der Waals surface area contributed by atoms with Crippen molar-refractivity contribution in [2.45, 2.75) is 45.3 Å². The monoisotopic (exact) mass is 249 g/mol. The summed E-state index contributed by atoms with van der Waals surface area (Å²) in [6.45, 7) is 8.42. The first-order chi connectivity index (χ1) is 8.59. The van der Waals surface area contributed by atoms with Crippen molar-refractivity contribution in [3.8, 4) is 5.75 Å². The van der Waals surface area contributed by atoms with Crippen LogP contribution in [0, 0.1) is 0 Å². The van der Waals surface area contributed by atoms with Crippen LogP contribution in [0.4, 0.5) is 5.82 Å². The largest absolute Gasteiger partial charge is 0.487 e. The van der Waals surface area contributed by atoms with E-state index in [9.17, 15) is 0 Å². The van der Waals surface area contributed by atoms with E-state index in [1.807, 2.05) is 26.0 Å². The molecule has 0 bridgehead atoms. The zero-order chi connectivity index (χ0) is 13.0. The highest BCUT2D eigenvalue weighted by molar-refractivity contribution is 5.51. The van der Waals surface area contributed by atoms with Gasteiger partial charge in [-0.15, -0.1) is 0 Å². The van der Waals surface area contributed by atoms with Crippen LogP contribution in [0.3, 0.4) is 0 Å². The Morgan fingerprint density at radius 3 is 2.78 bits per heavy atom. The molecule has 0 radical (unpaired) electrons. The van der Waals surface area contributed by atoms with E-state index in [2.05, 4.69) is 22.5 Å². The average Bonchev–Trinajstić information content (AvgIpc) is 2.32. The van der Waals surface area contributed by atoms with Gasteiger partial charge in [-0.05, 0) is 58.8 Å². The number of pyridine rings is 1. The molecule has 2 N–H and O–H groups in total. The minimum Gasteiger partial charge on any atom is -0.487 e. The van der Waals surface area contributed by atoms with Crippen molar-refractivity contribution in [2.75, 3.05) is 18.4 Å². The first-order valence-electron chi connectivity index (χ1n) is 6.70. The van der Waals surface area contributed by atoms with Gasteiger partial charge in [-0.3, -0.25) is 0 Å². The van der Waals surface area contributed by atoms with Crippen LogP contribution in [0.25, 0.3) is 0 Å². The molecule has 0 spiro atoms. The number of rotatable bonds is 4. The van der Waals surface area contributed by atoms with E-state index in [1.54, 1.807) is 6.20 Å². The fourth-order valence-electron chi connectivity index (χ4n) is 2.22. The van der Waals surface area contributed by atoms with Gasteiger partial charge >= 0.3 is 0 Å². The van der Waals surface area contributed by atoms with E-state index in [1.165, 1.54) is 0 Å². The quantitative estimate of drug-likeness (QED) is 0.860. The van der Waals surface area contributed by atoms with Crippen molar-refractivity contribution < 1.29 is 4.74 Å². The van der Waals surface area contributed by atoms with Crippen LogP contribution in [-0.4, -0.2) is 29.7 Å². The minimum absolute atomic E-state index is 0.106. The van der Waals surface area contributed by atoms with Gasteiger partial charge in [-0.1, -0.05) is 0 Å².